The summed E-state index contributed by atoms with van der Waals surface area (Å²) < 4.78 is 14.5. The quantitative estimate of drug-likeness (QED) is 0.106. The molecule has 1 spiro atoms. The summed E-state index contributed by atoms with van der Waals surface area (Å²) in [6, 6.07) is 42.3. The molecule has 6 unspecified atom stereocenters. The number of aliphatic hydroxyl groups excluding tert-OH is 1. The number of pyridine rings is 1. The Bertz CT molecular complexity index is 2920. The molecular formula is C51H43N7O6. The van der Waals surface area contributed by atoms with Crippen LogP contribution in [0, 0.1) is 17.8 Å². The summed E-state index contributed by atoms with van der Waals surface area (Å²) in [4.78, 5) is 52.7. The Hall–Kier alpha value is -7.66. The molecule has 5 aromatic carbocycles. The number of nitrogens with zero attached hydrogens (tertiary/aromatic N) is 5. The molecule has 7 aromatic rings. The zero-order chi connectivity index (χ0) is 43.6. The van der Waals surface area contributed by atoms with Crippen LogP contribution in [-0.4, -0.2) is 73.6 Å². The van der Waals surface area contributed by atoms with Gasteiger partial charge in [-0.15, -0.1) is 5.10 Å². The number of ether oxygens (including phenoxy) is 2. The third-order valence-corrected chi connectivity index (χ3v) is 12.4. The number of hydrogen-bond donors (Lipinski definition) is 3. The number of benzene rings is 5. The molecule has 0 aliphatic carbocycles. The van der Waals surface area contributed by atoms with Crippen LogP contribution in [0.5, 0.6) is 5.75 Å². The molecule has 13 nitrogen and oxygen atoms in total. The summed E-state index contributed by atoms with van der Waals surface area (Å²) in [7, 11) is 0. The van der Waals surface area contributed by atoms with Crippen LogP contribution in [0.25, 0.3) is 11.0 Å². The van der Waals surface area contributed by atoms with Crippen molar-refractivity contribution in [1.82, 2.24) is 30.2 Å². The van der Waals surface area contributed by atoms with Gasteiger partial charge in [-0.1, -0.05) is 114 Å². The highest BCUT2D eigenvalue weighted by Crippen LogP contribution is 2.65. The predicted molar refractivity (Wildman–Crippen MR) is 237 cm³/mol. The fourth-order valence-corrected chi connectivity index (χ4v) is 9.86. The van der Waals surface area contributed by atoms with Gasteiger partial charge in [0.15, 0.2) is 0 Å². The van der Waals surface area contributed by atoms with E-state index in [2.05, 4.69) is 37.8 Å². The molecular weight excluding hydrogens is 807 g/mol. The molecule has 3 N–H and O–H groups in total. The van der Waals surface area contributed by atoms with Gasteiger partial charge < -0.3 is 25.2 Å². The average molecular weight is 850 g/mol. The van der Waals surface area contributed by atoms with Crippen molar-refractivity contribution in [2.24, 2.45) is 5.92 Å². The van der Waals surface area contributed by atoms with Gasteiger partial charge in [-0.25, -0.2) is 4.68 Å². The highest BCUT2D eigenvalue weighted by molar-refractivity contribution is 6.12. The average Bonchev–Trinajstić information content (AvgIpc) is 3.99. The van der Waals surface area contributed by atoms with Crippen LogP contribution in [0.1, 0.15) is 51.7 Å². The lowest BCUT2D eigenvalue weighted by molar-refractivity contribution is -0.178. The molecule has 2 saturated heterocycles. The first kappa shape index (κ1) is 40.4. The molecule has 13 heteroatoms. The molecule has 6 atom stereocenters. The van der Waals surface area contributed by atoms with Gasteiger partial charge in [0, 0.05) is 41.7 Å². The van der Waals surface area contributed by atoms with Crippen LogP contribution in [0.4, 0.5) is 5.69 Å². The number of aliphatic hydroxyl groups is 1. The fraction of sp³-hybridized carbons (Fsp3) is 0.216. The lowest BCUT2D eigenvalue weighted by atomic mass is 9.65. The molecule has 5 heterocycles. The van der Waals surface area contributed by atoms with Crippen molar-refractivity contribution in [3.63, 3.8) is 0 Å². The van der Waals surface area contributed by atoms with Gasteiger partial charge in [0.2, 0.25) is 11.8 Å². The smallest absolute Gasteiger partial charge is 0.324 e. The maximum atomic E-state index is 15.6. The van der Waals surface area contributed by atoms with Crippen molar-refractivity contribution in [2.45, 2.75) is 42.6 Å². The van der Waals surface area contributed by atoms with Crippen LogP contribution in [0.15, 0.2) is 152 Å². The standard InChI is InChI=1S/C51H43N7O6/c59-30-31-63-42-23-10-7-20-37(42)47-51(38-32-33(24-25-39(38)54-50(51)62)14-13-29-57-41-22-9-8-21-40(41)55-56-57)43(48(60)53-28-26-36-19-11-12-27-52-36)45-49(61)64-46(35-17-5-2-6-18-35)44(58(45)47)34-15-3-1-4-16-34/h1-12,15-25,27,32,43-47,59H,26,28-31H2,(H,53,60)(H,54,62). The van der Waals surface area contributed by atoms with Crippen LogP contribution in [-0.2, 0) is 37.5 Å². The summed E-state index contributed by atoms with van der Waals surface area (Å²) in [6.07, 6.45) is 1.28. The number of anilines is 1. The van der Waals surface area contributed by atoms with E-state index >= 15 is 14.4 Å². The second-order valence-corrected chi connectivity index (χ2v) is 16.0. The van der Waals surface area contributed by atoms with Gasteiger partial charge in [-0.05, 0) is 65.2 Å². The number of fused-ring (bicyclic) bond motifs is 4. The number of nitrogens with one attached hydrogen (secondary N) is 2. The second-order valence-electron chi connectivity index (χ2n) is 16.0. The lowest BCUT2D eigenvalue weighted by Gasteiger charge is -2.46. The maximum Gasteiger partial charge on any atom is 0.324 e. The van der Waals surface area contributed by atoms with E-state index in [1.165, 1.54) is 0 Å². The molecule has 3 aliphatic rings. The Kier molecular flexibility index (Phi) is 10.9. The number of para-hydroxylation sites is 2. The topological polar surface area (TPSA) is 161 Å². The maximum absolute atomic E-state index is 15.6. The minimum atomic E-state index is -1.76. The van der Waals surface area contributed by atoms with Gasteiger partial charge >= 0.3 is 5.97 Å². The SMILES string of the molecule is O=C1OC(c2ccccc2)C(c2ccccc2)N2C1C(C(=O)NCCc1ccccn1)C1(C(=O)Nc3ccc(C#CCn4nnc5ccccc54)cc31)C2c1ccccc1OCCO. The van der Waals surface area contributed by atoms with E-state index in [1.807, 2.05) is 138 Å². The molecule has 3 aliphatic heterocycles. The number of cyclic esters (lactones) is 1. The molecule has 318 valence electrons. The van der Waals surface area contributed by atoms with Gasteiger partial charge in [0.1, 0.15) is 42.0 Å². The third kappa shape index (κ3) is 7.03. The van der Waals surface area contributed by atoms with Crippen LogP contribution in [0.2, 0.25) is 0 Å². The first-order valence-electron chi connectivity index (χ1n) is 21.3. The summed E-state index contributed by atoms with van der Waals surface area (Å²) in [6.45, 7) is 0.151. The Morgan fingerprint density at radius 3 is 2.41 bits per heavy atom. The van der Waals surface area contributed by atoms with Crippen molar-refractivity contribution in [3.8, 4) is 17.6 Å². The number of amides is 2. The van der Waals surface area contributed by atoms with E-state index < -0.39 is 53.3 Å². The Morgan fingerprint density at radius 2 is 1.61 bits per heavy atom. The number of carbonyl (C=O) groups is 3. The molecule has 64 heavy (non-hydrogen) atoms. The highest BCUT2D eigenvalue weighted by atomic mass is 16.6. The second kappa shape index (κ2) is 17.2. The Balaban J connectivity index is 1.19. The number of carbonyl (C=O) groups excluding carboxylic acids is 3. The normalized spacial score (nSPS) is 22.2. The molecule has 0 radical (unpaired) electrons. The van der Waals surface area contributed by atoms with Crippen molar-refractivity contribution in [3.05, 3.63) is 185 Å². The molecule has 2 fully saturated rings. The highest BCUT2D eigenvalue weighted by Gasteiger charge is 2.74. The summed E-state index contributed by atoms with van der Waals surface area (Å²) in [5, 5.41) is 24.8. The van der Waals surface area contributed by atoms with E-state index in [4.69, 9.17) is 9.47 Å². The lowest BCUT2D eigenvalue weighted by Crippen LogP contribution is -2.55. The first-order chi connectivity index (χ1) is 31.5. The van der Waals surface area contributed by atoms with E-state index in [-0.39, 0.29) is 26.3 Å². The van der Waals surface area contributed by atoms with Crippen molar-refractivity contribution < 1.29 is 29.0 Å². The Morgan fingerprint density at radius 1 is 0.859 bits per heavy atom. The van der Waals surface area contributed by atoms with Crippen molar-refractivity contribution in [1.29, 1.82) is 0 Å². The number of hydrogen-bond acceptors (Lipinski definition) is 10. The molecule has 10 rings (SSSR count). The molecule has 2 aromatic heterocycles. The predicted octanol–water partition coefficient (Wildman–Crippen LogP) is 5.88. The van der Waals surface area contributed by atoms with Crippen LogP contribution < -0.4 is 15.4 Å². The minimum absolute atomic E-state index is 0.0298. The number of esters is 1. The first-order valence-corrected chi connectivity index (χ1v) is 21.3. The molecule has 2 amide bonds. The van der Waals surface area contributed by atoms with E-state index in [1.54, 1.807) is 23.0 Å². The van der Waals surface area contributed by atoms with E-state index in [0.29, 0.717) is 34.5 Å². The summed E-state index contributed by atoms with van der Waals surface area (Å²) >= 11 is 0. The van der Waals surface area contributed by atoms with Gasteiger partial charge in [-0.3, -0.25) is 24.3 Å². The summed E-state index contributed by atoms with van der Waals surface area (Å²) in [5.41, 5.74) is 4.33. The minimum Gasteiger partial charge on any atom is -0.491 e. The largest absolute Gasteiger partial charge is 0.491 e. The van der Waals surface area contributed by atoms with Gasteiger partial charge in [0.25, 0.3) is 0 Å². The Labute approximate surface area is 369 Å². The van der Waals surface area contributed by atoms with Gasteiger partial charge in [0.05, 0.1) is 30.1 Å². The zero-order valence-electron chi connectivity index (χ0n) is 34.6. The van der Waals surface area contributed by atoms with Crippen molar-refractivity contribution in [2.75, 3.05) is 25.1 Å². The van der Waals surface area contributed by atoms with Crippen LogP contribution >= 0.6 is 0 Å². The molecule has 0 bridgehead atoms. The number of aromatic nitrogens is 4. The number of rotatable bonds is 11. The zero-order valence-corrected chi connectivity index (χ0v) is 34.6. The monoisotopic (exact) mass is 849 g/mol. The fourth-order valence-electron chi connectivity index (χ4n) is 9.86. The van der Waals surface area contributed by atoms with Crippen molar-refractivity contribution >= 4 is 34.5 Å². The van der Waals surface area contributed by atoms with E-state index in [9.17, 15) is 5.11 Å². The molecule has 0 saturated carbocycles. The summed E-state index contributed by atoms with van der Waals surface area (Å²) in [5.74, 6) is 3.99. The third-order valence-electron chi connectivity index (χ3n) is 12.4. The number of morpholine rings is 1. The van der Waals surface area contributed by atoms with Gasteiger partial charge in [-0.2, -0.15) is 0 Å². The van der Waals surface area contributed by atoms with E-state index in [0.717, 1.165) is 27.9 Å². The van der Waals surface area contributed by atoms with Crippen LogP contribution in [0.3, 0.4) is 0 Å².